The molecular formula is C31H42N6O4. The van der Waals surface area contributed by atoms with Crippen LogP contribution in [0.15, 0.2) is 30.3 Å². The van der Waals surface area contributed by atoms with Gasteiger partial charge in [0.2, 0.25) is 5.91 Å². The Kier molecular flexibility index (Phi) is 7.52. The molecule has 2 aromatic rings. The number of aromatic nitrogens is 2. The van der Waals surface area contributed by atoms with E-state index in [1.807, 2.05) is 60.9 Å². The highest BCUT2D eigenvalue weighted by atomic mass is 16.6. The first kappa shape index (κ1) is 27.8. The van der Waals surface area contributed by atoms with Crippen LogP contribution in [0.2, 0.25) is 0 Å². The van der Waals surface area contributed by atoms with E-state index in [2.05, 4.69) is 16.8 Å². The van der Waals surface area contributed by atoms with E-state index in [1.165, 1.54) is 6.42 Å². The molecule has 0 spiro atoms. The average Bonchev–Trinajstić information content (AvgIpc) is 3.46. The van der Waals surface area contributed by atoms with Gasteiger partial charge in [-0.25, -0.2) is 4.79 Å². The molecule has 0 radical (unpaired) electrons. The van der Waals surface area contributed by atoms with Crippen LogP contribution in [-0.2, 0) is 29.0 Å². The van der Waals surface area contributed by atoms with Crippen molar-refractivity contribution < 1.29 is 19.1 Å². The number of ether oxygens (including phenoxy) is 2. The van der Waals surface area contributed by atoms with Crippen molar-refractivity contribution in [2.45, 2.75) is 89.7 Å². The van der Waals surface area contributed by atoms with Crippen molar-refractivity contribution >= 4 is 17.8 Å². The summed E-state index contributed by atoms with van der Waals surface area (Å²) in [4.78, 5) is 44.6. The van der Waals surface area contributed by atoms with E-state index in [0.29, 0.717) is 44.8 Å². The number of likely N-dealkylation sites (N-methyl/N-ethyl adjacent to an activating group) is 1. The molecule has 3 fully saturated rings. The molecule has 1 aromatic heterocycles. The molecule has 6 rings (SSSR count). The second-order valence-corrected chi connectivity index (χ2v) is 12.9. The van der Waals surface area contributed by atoms with E-state index in [9.17, 15) is 9.59 Å². The molecule has 0 aliphatic carbocycles. The third kappa shape index (κ3) is 5.98. The minimum absolute atomic E-state index is 0.0413. The van der Waals surface area contributed by atoms with Gasteiger partial charge in [0.05, 0.1) is 30.7 Å². The van der Waals surface area contributed by atoms with Gasteiger partial charge in [0.1, 0.15) is 18.0 Å². The Balaban J connectivity index is 1.27. The van der Waals surface area contributed by atoms with Crippen molar-refractivity contribution in [1.29, 1.82) is 0 Å². The van der Waals surface area contributed by atoms with Gasteiger partial charge in [0, 0.05) is 31.2 Å². The molecule has 220 valence electrons. The molecule has 2 bridgehead atoms. The lowest BCUT2D eigenvalue weighted by atomic mass is 10.0. The molecule has 5 heterocycles. The largest absolute Gasteiger partial charge is 0.462 e. The van der Waals surface area contributed by atoms with Gasteiger partial charge in [-0.3, -0.25) is 9.69 Å². The smallest absolute Gasteiger partial charge is 0.410 e. The van der Waals surface area contributed by atoms with E-state index >= 15 is 0 Å². The van der Waals surface area contributed by atoms with E-state index in [1.54, 1.807) is 0 Å². The van der Waals surface area contributed by atoms with Gasteiger partial charge >= 0.3 is 12.1 Å². The summed E-state index contributed by atoms with van der Waals surface area (Å²) in [6.07, 6.45) is 4.13. The Morgan fingerprint density at radius 1 is 1.05 bits per heavy atom. The molecule has 0 N–H and O–H groups in total. The molecule has 3 saturated heterocycles. The van der Waals surface area contributed by atoms with Crippen LogP contribution < -0.4 is 9.64 Å². The number of carbonyl (C=O) groups excluding carboxylic acids is 2. The van der Waals surface area contributed by atoms with Gasteiger partial charge < -0.3 is 24.2 Å². The zero-order valence-corrected chi connectivity index (χ0v) is 24.7. The molecule has 4 aliphatic heterocycles. The Morgan fingerprint density at radius 3 is 2.44 bits per heavy atom. The Labute approximate surface area is 242 Å². The summed E-state index contributed by atoms with van der Waals surface area (Å²) in [6, 6.07) is 10.9. The van der Waals surface area contributed by atoms with Gasteiger partial charge in [0.15, 0.2) is 0 Å². The quantitative estimate of drug-likeness (QED) is 0.527. The molecule has 41 heavy (non-hydrogen) atoms. The average molecular weight is 563 g/mol. The minimum Gasteiger partial charge on any atom is -0.462 e. The van der Waals surface area contributed by atoms with Crippen molar-refractivity contribution in [3.8, 4) is 6.01 Å². The van der Waals surface area contributed by atoms with Crippen LogP contribution in [0.1, 0.15) is 63.3 Å². The lowest BCUT2D eigenvalue weighted by molar-refractivity contribution is -0.132. The maximum atomic E-state index is 13.4. The number of carbonyl (C=O) groups is 2. The normalized spacial score (nSPS) is 24.5. The van der Waals surface area contributed by atoms with Crippen LogP contribution in [0.3, 0.4) is 0 Å². The van der Waals surface area contributed by atoms with Crippen LogP contribution >= 0.6 is 0 Å². The summed E-state index contributed by atoms with van der Waals surface area (Å²) < 4.78 is 12.0. The zero-order valence-electron chi connectivity index (χ0n) is 24.7. The second kappa shape index (κ2) is 11.1. The number of fused-ring (bicyclic) bond motifs is 3. The summed E-state index contributed by atoms with van der Waals surface area (Å²) in [6.45, 7) is 9.57. The van der Waals surface area contributed by atoms with Gasteiger partial charge in [-0.05, 0) is 65.6 Å². The van der Waals surface area contributed by atoms with Crippen LogP contribution in [0.5, 0.6) is 6.01 Å². The van der Waals surface area contributed by atoms with Crippen molar-refractivity contribution in [3.63, 3.8) is 0 Å². The van der Waals surface area contributed by atoms with E-state index in [4.69, 9.17) is 19.4 Å². The summed E-state index contributed by atoms with van der Waals surface area (Å²) in [5.74, 6) is 0.848. The first-order valence-corrected chi connectivity index (χ1v) is 15.0. The van der Waals surface area contributed by atoms with Crippen molar-refractivity contribution in [2.75, 3.05) is 38.2 Å². The third-order valence-corrected chi connectivity index (χ3v) is 8.75. The molecule has 2 amide bonds. The minimum atomic E-state index is -0.537. The van der Waals surface area contributed by atoms with Gasteiger partial charge in [-0.1, -0.05) is 30.3 Å². The van der Waals surface area contributed by atoms with Crippen LogP contribution in [0.4, 0.5) is 10.6 Å². The fraction of sp³-hybridized carbons (Fsp3) is 0.613. The lowest BCUT2D eigenvalue weighted by Gasteiger charge is -2.42. The van der Waals surface area contributed by atoms with Crippen molar-refractivity contribution in [1.82, 2.24) is 24.7 Å². The number of nitrogens with zero attached hydrogens (tertiary/aromatic N) is 6. The van der Waals surface area contributed by atoms with E-state index in [-0.39, 0.29) is 30.5 Å². The molecule has 0 saturated carbocycles. The molecule has 3 atom stereocenters. The van der Waals surface area contributed by atoms with Crippen molar-refractivity contribution in [2.24, 2.45) is 0 Å². The monoisotopic (exact) mass is 562 g/mol. The number of likely N-dealkylation sites (tertiary alicyclic amines) is 1. The number of amides is 2. The number of piperazine rings is 1. The van der Waals surface area contributed by atoms with Crippen molar-refractivity contribution in [3.05, 3.63) is 47.2 Å². The summed E-state index contributed by atoms with van der Waals surface area (Å²) in [5.41, 5.74) is 2.29. The van der Waals surface area contributed by atoms with Crippen LogP contribution in [0, 0.1) is 0 Å². The summed E-state index contributed by atoms with van der Waals surface area (Å²) in [5, 5.41) is 0. The van der Waals surface area contributed by atoms with Crippen LogP contribution in [0.25, 0.3) is 0 Å². The summed E-state index contributed by atoms with van der Waals surface area (Å²) in [7, 11) is 2.13. The first-order chi connectivity index (χ1) is 19.6. The van der Waals surface area contributed by atoms with E-state index in [0.717, 1.165) is 48.4 Å². The molecule has 4 aliphatic rings. The predicted octanol–water partition coefficient (Wildman–Crippen LogP) is 3.62. The SMILES string of the molecule is CN1CCC[C@H]1COc1nc2c(c(N3C[C@H]4CC[C@@H](C3)N4C(=O)OC(C)(C)C)n1)CC(=O)N(Cc1ccccc1)C2. The maximum absolute atomic E-state index is 13.4. The number of anilines is 1. The van der Waals surface area contributed by atoms with E-state index < -0.39 is 5.60 Å². The lowest BCUT2D eigenvalue weighted by Crippen LogP contribution is -2.57. The fourth-order valence-corrected chi connectivity index (χ4v) is 6.66. The summed E-state index contributed by atoms with van der Waals surface area (Å²) >= 11 is 0. The standard InChI is InChI=1S/C31H42N6O4/c1-31(2,3)41-30(39)37-22-12-13-23(37)18-36(17-22)28-25-15-27(38)35(16-21-9-6-5-7-10-21)19-26(25)32-29(33-28)40-20-24-11-8-14-34(24)4/h5-7,9-10,22-24H,8,11-20H2,1-4H3/t22-,23+,24-/m0/s1. The second-order valence-electron chi connectivity index (χ2n) is 12.9. The number of hydrogen-bond donors (Lipinski definition) is 0. The Bertz CT molecular complexity index is 1270. The van der Waals surface area contributed by atoms with Gasteiger partial charge in [-0.2, -0.15) is 9.97 Å². The number of hydrogen-bond acceptors (Lipinski definition) is 8. The zero-order chi connectivity index (χ0) is 28.7. The first-order valence-electron chi connectivity index (χ1n) is 15.0. The third-order valence-electron chi connectivity index (χ3n) is 8.75. The number of rotatable bonds is 6. The number of benzene rings is 1. The maximum Gasteiger partial charge on any atom is 0.410 e. The predicted molar refractivity (Wildman–Crippen MR) is 155 cm³/mol. The highest BCUT2D eigenvalue weighted by Gasteiger charge is 2.45. The van der Waals surface area contributed by atoms with Crippen LogP contribution in [-0.4, -0.2) is 93.7 Å². The van der Waals surface area contributed by atoms with Gasteiger partial charge in [0.25, 0.3) is 0 Å². The molecule has 10 heteroatoms. The molecule has 10 nitrogen and oxygen atoms in total. The molecule has 1 aromatic carbocycles. The highest BCUT2D eigenvalue weighted by Crippen LogP contribution is 2.37. The molecule has 0 unspecified atom stereocenters. The Hall–Kier alpha value is -3.40. The molecular weight excluding hydrogens is 520 g/mol. The van der Waals surface area contributed by atoms with Gasteiger partial charge in [-0.15, -0.1) is 0 Å². The fourth-order valence-electron chi connectivity index (χ4n) is 6.66. The highest BCUT2D eigenvalue weighted by molar-refractivity contribution is 5.82. The topological polar surface area (TPSA) is 91.3 Å². The Morgan fingerprint density at radius 2 is 1.78 bits per heavy atom.